The fourth-order valence-electron chi connectivity index (χ4n) is 2.87. The molecule has 0 saturated heterocycles. The fraction of sp³-hybridized carbons (Fsp3) is 0.240. The molecule has 0 aromatic heterocycles. The van der Waals surface area contributed by atoms with Gasteiger partial charge in [-0.2, -0.15) is 0 Å². The molecule has 3 aromatic rings. The molecular formula is C25H26NO2. The van der Waals surface area contributed by atoms with E-state index in [4.69, 9.17) is 9.57 Å². The Labute approximate surface area is 167 Å². The molecule has 0 saturated carbocycles. The van der Waals surface area contributed by atoms with E-state index in [1.54, 1.807) is 0 Å². The number of hydrogen-bond donors (Lipinski definition) is 0. The highest BCUT2D eigenvalue weighted by molar-refractivity contribution is 6.00. The van der Waals surface area contributed by atoms with Gasteiger partial charge in [0.25, 0.3) is 0 Å². The quantitative estimate of drug-likeness (QED) is 0.262. The van der Waals surface area contributed by atoms with Gasteiger partial charge in [-0.15, -0.1) is 0 Å². The Bertz CT molecular complexity index is 856. The van der Waals surface area contributed by atoms with Crippen LogP contribution in [0.4, 0.5) is 0 Å². The number of nitrogens with zero attached hydrogens (tertiary/aromatic N) is 1. The summed E-state index contributed by atoms with van der Waals surface area (Å²) in [4.78, 5) is 5.54. The maximum Gasteiger partial charge on any atom is 0.151 e. The van der Waals surface area contributed by atoms with Crippen LogP contribution in [-0.4, -0.2) is 18.9 Å². The molecule has 143 valence electrons. The van der Waals surface area contributed by atoms with E-state index in [2.05, 4.69) is 73.6 Å². The summed E-state index contributed by atoms with van der Waals surface area (Å²) in [5.74, 6) is 1.28. The molecule has 0 aliphatic carbocycles. The van der Waals surface area contributed by atoms with Crippen LogP contribution in [-0.2, 0) is 4.84 Å². The van der Waals surface area contributed by atoms with Crippen molar-refractivity contribution in [2.24, 2.45) is 11.1 Å². The smallest absolute Gasteiger partial charge is 0.151 e. The van der Waals surface area contributed by atoms with Crippen LogP contribution < -0.4 is 4.74 Å². The van der Waals surface area contributed by atoms with Crippen LogP contribution in [0.25, 0.3) is 11.1 Å². The summed E-state index contributed by atoms with van der Waals surface area (Å²) in [5.41, 5.74) is 4.46. The SMILES string of the molecule is CC(C)C/C(=N\OCCOc1c[c]ccc1)c1ccc(-c2ccccc2)cc1. The first-order chi connectivity index (χ1) is 13.7. The number of ether oxygens (including phenoxy) is 1. The highest BCUT2D eigenvalue weighted by atomic mass is 16.6. The summed E-state index contributed by atoms with van der Waals surface area (Å²) < 4.78 is 5.61. The Morgan fingerprint density at radius 1 is 0.893 bits per heavy atom. The monoisotopic (exact) mass is 372 g/mol. The summed E-state index contributed by atoms with van der Waals surface area (Å²) in [6.45, 7) is 5.22. The van der Waals surface area contributed by atoms with Crippen molar-refractivity contribution < 1.29 is 9.57 Å². The van der Waals surface area contributed by atoms with Crippen LogP contribution in [0.3, 0.4) is 0 Å². The van der Waals surface area contributed by atoms with Crippen molar-refractivity contribution in [2.75, 3.05) is 13.2 Å². The number of rotatable bonds is 9. The zero-order valence-electron chi connectivity index (χ0n) is 16.5. The molecule has 3 heteroatoms. The predicted octanol–water partition coefficient (Wildman–Crippen LogP) is 6.00. The number of hydrogen-bond acceptors (Lipinski definition) is 3. The highest BCUT2D eigenvalue weighted by Gasteiger charge is 2.08. The normalized spacial score (nSPS) is 11.5. The molecule has 0 aliphatic heterocycles. The van der Waals surface area contributed by atoms with Gasteiger partial charge in [0.15, 0.2) is 6.61 Å². The minimum absolute atomic E-state index is 0.401. The van der Waals surface area contributed by atoms with Crippen LogP contribution in [0.15, 0.2) is 84.0 Å². The molecule has 0 spiro atoms. The average molecular weight is 372 g/mol. The van der Waals surface area contributed by atoms with Crippen molar-refractivity contribution in [1.29, 1.82) is 0 Å². The lowest BCUT2D eigenvalue weighted by molar-refractivity contribution is 0.106. The zero-order valence-corrected chi connectivity index (χ0v) is 16.5. The van der Waals surface area contributed by atoms with E-state index in [1.165, 1.54) is 11.1 Å². The molecule has 0 unspecified atom stereocenters. The maximum atomic E-state index is 5.61. The third-order valence-corrected chi connectivity index (χ3v) is 4.22. The van der Waals surface area contributed by atoms with Crippen molar-refractivity contribution in [3.05, 3.63) is 90.5 Å². The van der Waals surface area contributed by atoms with E-state index in [9.17, 15) is 0 Å². The summed E-state index contributed by atoms with van der Waals surface area (Å²) in [5, 5.41) is 4.40. The molecule has 3 nitrogen and oxygen atoms in total. The molecule has 0 heterocycles. The van der Waals surface area contributed by atoms with Gasteiger partial charge in [0.2, 0.25) is 0 Å². The summed E-state index contributed by atoms with van der Waals surface area (Å²) >= 11 is 0. The van der Waals surface area contributed by atoms with Gasteiger partial charge < -0.3 is 9.57 Å². The van der Waals surface area contributed by atoms with Crippen LogP contribution in [0, 0.1) is 12.0 Å². The van der Waals surface area contributed by atoms with Gasteiger partial charge in [0.05, 0.1) is 5.71 Å². The van der Waals surface area contributed by atoms with Crippen molar-refractivity contribution in [2.45, 2.75) is 20.3 Å². The Morgan fingerprint density at radius 2 is 1.64 bits per heavy atom. The molecule has 0 atom stereocenters. The van der Waals surface area contributed by atoms with Gasteiger partial charge in [0, 0.05) is 0 Å². The Hall–Kier alpha value is -3.07. The molecule has 0 bridgehead atoms. The van der Waals surface area contributed by atoms with E-state index in [1.807, 2.05) is 30.3 Å². The zero-order chi connectivity index (χ0) is 19.6. The minimum atomic E-state index is 0.401. The third kappa shape index (κ3) is 5.98. The van der Waals surface area contributed by atoms with Gasteiger partial charge in [-0.1, -0.05) is 85.7 Å². The van der Waals surface area contributed by atoms with Crippen molar-refractivity contribution >= 4 is 5.71 Å². The topological polar surface area (TPSA) is 30.8 Å². The van der Waals surface area contributed by atoms with Gasteiger partial charge in [-0.3, -0.25) is 0 Å². The van der Waals surface area contributed by atoms with Gasteiger partial charge in [-0.25, -0.2) is 0 Å². The first-order valence-corrected chi connectivity index (χ1v) is 9.66. The average Bonchev–Trinajstić information content (AvgIpc) is 2.74. The molecule has 28 heavy (non-hydrogen) atoms. The second kappa shape index (κ2) is 10.3. The number of oxime groups is 1. The molecule has 0 aliphatic rings. The minimum Gasteiger partial charge on any atom is -0.490 e. The largest absolute Gasteiger partial charge is 0.490 e. The summed E-state index contributed by atoms with van der Waals surface area (Å²) in [6, 6.07) is 29.3. The summed E-state index contributed by atoms with van der Waals surface area (Å²) in [6.07, 6.45) is 0.860. The van der Waals surface area contributed by atoms with E-state index in [0.717, 1.165) is 23.4 Å². The summed E-state index contributed by atoms with van der Waals surface area (Å²) in [7, 11) is 0. The van der Waals surface area contributed by atoms with Gasteiger partial charge in [0.1, 0.15) is 12.4 Å². The van der Waals surface area contributed by atoms with Crippen molar-refractivity contribution in [1.82, 2.24) is 0 Å². The van der Waals surface area contributed by atoms with E-state index in [0.29, 0.717) is 19.1 Å². The lowest BCUT2D eigenvalue weighted by atomic mass is 9.98. The van der Waals surface area contributed by atoms with Crippen LogP contribution in [0.2, 0.25) is 0 Å². The Kier molecular flexibility index (Phi) is 7.25. The predicted molar refractivity (Wildman–Crippen MR) is 115 cm³/mol. The maximum absolute atomic E-state index is 5.61. The second-order valence-electron chi connectivity index (χ2n) is 7.00. The molecule has 0 fully saturated rings. The van der Waals surface area contributed by atoms with E-state index >= 15 is 0 Å². The van der Waals surface area contributed by atoms with Crippen molar-refractivity contribution in [3.63, 3.8) is 0 Å². The molecule has 1 radical (unpaired) electrons. The van der Waals surface area contributed by atoms with Crippen molar-refractivity contribution in [3.8, 4) is 16.9 Å². The molecule has 3 aromatic carbocycles. The van der Waals surface area contributed by atoms with Crippen LogP contribution >= 0.6 is 0 Å². The first kappa shape index (κ1) is 19.7. The molecular weight excluding hydrogens is 346 g/mol. The van der Waals surface area contributed by atoms with E-state index < -0.39 is 0 Å². The Morgan fingerprint density at radius 3 is 2.32 bits per heavy atom. The molecule has 0 N–H and O–H groups in total. The van der Waals surface area contributed by atoms with Crippen LogP contribution in [0.5, 0.6) is 5.75 Å². The third-order valence-electron chi connectivity index (χ3n) is 4.22. The van der Waals surface area contributed by atoms with Gasteiger partial charge in [-0.05, 0) is 47.2 Å². The van der Waals surface area contributed by atoms with E-state index in [-0.39, 0.29) is 0 Å². The molecule has 0 amide bonds. The number of benzene rings is 3. The molecule has 3 rings (SSSR count). The lowest BCUT2D eigenvalue weighted by Crippen LogP contribution is -2.09. The van der Waals surface area contributed by atoms with Crippen LogP contribution in [0.1, 0.15) is 25.8 Å². The highest BCUT2D eigenvalue weighted by Crippen LogP contribution is 2.21. The fourth-order valence-corrected chi connectivity index (χ4v) is 2.87. The van der Waals surface area contributed by atoms with Gasteiger partial charge >= 0.3 is 0 Å². The standard InChI is InChI=1S/C25H26NO2/c1-20(2)19-25(26-28-18-17-27-24-11-7-4-8-12-24)23-15-13-22(14-16-23)21-9-5-3-6-10-21/h3-7,9-16,20H,17-19H2,1-2H3/b26-25+. The Balaban J connectivity index is 1.61. The first-order valence-electron chi connectivity index (χ1n) is 9.66. The second-order valence-corrected chi connectivity index (χ2v) is 7.00. The lowest BCUT2D eigenvalue weighted by Gasteiger charge is -2.11.